The summed E-state index contributed by atoms with van der Waals surface area (Å²) in [4.78, 5) is 12.8. The molecule has 0 radical (unpaired) electrons. The molecule has 7 nitrogen and oxygen atoms in total. The second-order valence-corrected chi connectivity index (χ2v) is 9.08. The second kappa shape index (κ2) is 12.8. The van der Waals surface area contributed by atoms with Crippen LogP contribution in [0.5, 0.6) is 5.75 Å². The number of hydrogen-bond donors (Lipinski definition) is 1. The second-order valence-electron chi connectivity index (χ2n) is 9.08. The summed E-state index contributed by atoms with van der Waals surface area (Å²) in [6, 6.07) is 16.6. The molecule has 0 aromatic heterocycles. The maximum atomic E-state index is 12.8. The Morgan fingerprint density at radius 1 is 1.11 bits per heavy atom. The molecule has 1 fully saturated rings. The third kappa shape index (κ3) is 8.47. The molecule has 4 atom stereocenters. The summed E-state index contributed by atoms with van der Waals surface area (Å²) in [5, 5.41) is 9.65. The van der Waals surface area contributed by atoms with Crippen molar-refractivity contribution in [2.24, 2.45) is 0 Å². The zero-order valence-electron chi connectivity index (χ0n) is 20.9. The molecule has 2 aromatic rings. The van der Waals surface area contributed by atoms with Crippen LogP contribution >= 0.6 is 0 Å². The molecule has 190 valence electrons. The molecule has 1 saturated heterocycles. The van der Waals surface area contributed by atoms with Gasteiger partial charge in [-0.2, -0.15) is 0 Å². The van der Waals surface area contributed by atoms with Gasteiger partial charge in [0.05, 0.1) is 31.5 Å². The quantitative estimate of drug-likeness (QED) is 0.266. The first-order valence-electron chi connectivity index (χ1n) is 11.9. The minimum absolute atomic E-state index is 0.342. The topological polar surface area (TPSA) is 83.5 Å². The number of carbonyl (C=O) groups is 1. The van der Waals surface area contributed by atoms with Crippen LogP contribution < -0.4 is 4.74 Å². The van der Waals surface area contributed by atoms with E-state index in [0.29, 0.717) is 31.6 Å². The van der Waals surface area contributed by atoms with E-state index in [2.05, 4.69) is 0 Å². The van der Waals surface area contributed by atoms with Gasteiger partial charge in [-0.1, -0.05) is 36.4 Å². The van der Waals surface area contributed by atoms with Gasteiger partial charge in [-0.05, 0) is 69.5 Å². The Hall–Kier alpha value is -2.71. The molecular formula is C28H36O7. The minimum Gasteiger partial charge on any atom is -0.497 e. The Morgan fingerprint density at radius 2 is 1.83 bits per heavy atom. The molecule has 1 heterocycles. The van der Waals surface area contributed by atoms with Crippen molar-refractivity contribution in [3.63, 3.8) is 0 Å². The summed E-state index contributed by atoms with van der Waals surface area (Å²) < 4.78 is 29.2. The third-order valence-corrected chi connectivity index (χ3v) is 5.58. The number of methoxy groups -OCH3 is 1. The largest absolute Gasteiger partial charge is 0.497 e. The first-order valence-corrected chi connectivity index (χ1v) is 11.9. The lowest BCUT2D eigenvalue weighted by molar-refractivity contribution is -0.153. The predicted octanol–water partition coefficient (Wildman–Crippen LogP) is 4.67. The van der Waals surface area contributed by atoms with Crippen molar-refractivity contribution < 1.29 is 33.6 Å². The van der Waals surface area contributed by atoms with Crippen LogP contribution in [0.2, 0.25) is 0 Å². The number of aliphatic hydroxyl groups excluding tert-OH is 1. The van der Waals surface area contributed by atoms with Gasteiger partial charge in [-0.3, -0.25) is 0 Å². The van der Waals surface area contributed by atoms with Crippen molar-refractivity contribution in [2.45, 2.75) is 70.4 Å². The van der Waals surface area contributed by atoms with E-state index in [4.69, 9.17) is 23.7 Å². The fourth-order valence-corrected chi connectivity index (χ4v) is 3.87. The summed E-state index contributed by atoms with van der Waals surface area (Å²) in [7, 11) is 1.64. The minimum atomic E-state index is -0.833. The molecule has 0 spiro atoms. The molecule has 0 saturated carbocycles. The molecule has 3 rings (SSSR count). The number of hydrogen-bond acceptors (Lipinski definition) is 7. The first-order chi connectivity index (χ1) is 16.8. The SMILES string of the molecule is COc1ccc(COCC[C@@H]2OC(C)(C)O[C@@H]2C(/C=C\C[C@H](C)O)OC(=O)c2ccccc2)cc1. The predicted molar refractivity (Wildman–Crippen MR) is 132 cm³/mol. The normalized spacial score (nSPS) is 21.1. The zero-order valence-corrected chi connectivity index (χ0v) is 20.9. The van der Waals surface area contributed by atoms with Gasteiger partial charge in [0.25, 0.3) is 0 Å². The van der Waals surface area contributed by atoms with Crippen LogP contribution in [0.3, 0.4) is 0 Å². The highest BCUT2D eigenvalue weighted by Crippen LogP contribution is 2.33. The van der Waals surface area contributed by atoms with Gasteiger partial charge in [0.1, 0.15) is 18.0 Å². The number of carbonyl (C=O) groups excluding carboxylic acids is 1. The highest BCUT2D eigenvalue weighted by molar-refractivity contribution is 5.89. The molecule has 0 aliphatic carbocycles. The highest BCUT2D eigenvalue weighted by Gasteiger charge is 2.45. The zero-order chi connectivity index (χ0) is 25.3. The Kier molecular flexibility index (Phi) is 9.86. The van der Waals surface area contributed by atoms with Gasteiger partial charge in [-0.25, -0.2) is 4.79 Å². The smallest absolute Gasteiger partial charge is 0.338 e. The summed E-state index contributed by atoms with van der Waals surface area (Å²) in [6.07, 6.45) is 2.53. The number of aliphatic hydroxyl groups is 1. The molecule has 35 heavy (non-hydrogen) atoms. The van der Waals surface area contributed by atoms with Crippen LogP contribution in [0.25, 0.3) is 0 Å². The molecule has 0 amide bonds. The van der Waals surface area contributed by atoms with Crippen LogP contribution in [0.4, 0.5) is 0 Å². The maximum absolute atomic E-state index is 12.8. The average Bonchev–Trinajstić information content (AvgIpc) is 3.16. The van der Waals surface area contributed by atoms with Crippen molar-refractivity contribution in [1.29, 1.82) is 0 Å². The fourth-order valence-electron chi connectivity index (χ4n) is 3.87. The van der Waals surface area contributed by atoms with E-state index in [9.17, 15) is 9.90 Å². The molecule has 1 aliphatic rings. The van der Waals surface area contributed by atoms with Crippen LogP contribution in [0.1, 0.15) is 49.5 Å². The van der Waals surface area contributed by atoms with E-state index in [1.807, 2.05) is 44.2 Å². The number of benzene rings is 2. The van der Waals surface area contributed by atoms with Crippen molar-refractivity contribution in [1.82, 2.24) is 0 Å². The van der Waals surface area contributed by atoms with E-state index < -0.39 is 30.1 Å². The summed E-state index contributed by atoms with van der Waals surface area (Å²) >= 11 is 0. The fraction of sp³-hybridized carbons (Fsp3) is 0.464. The monoisotopic (exact) mass is 484 g/mol. The van der Waals surface area contributed by atoms with E-state index in [0.717, 1.165) is 11.3 Å². The van der Waals surface area contributed by atoms with Gasteiger partial charge in [0, 0.05) is 6.61 Å². The third-order valence-electron chi connectivity index (χ3n) is 5.58. The molecule has 1 N–H and O–H groups in total. The number of ether oxygens (including phenoxy) is 5. The van der Waals surface area contributed by atoms with E-state index in [1.54, 1.807) is 50.5 Å². The van der Waals surface area contributed by atoms with Crippen LogP contribution in [0, 0.1) is 0 Å². The molecule has 1 unspecified atom stereocenters. The summed E-state index contributed by atoms with van der Waals surface area (Å²) in [6.45, 7) is 6.30. The van der Waals surface area contributed by atoms with E-state index in [-0.39, 0.29) is 6.10 Å². The van der Waals surface area contributed by atoms with Crippen molar-refractivity contribution in [3.05, 3.63) is 77.9 Å². The van der Waals surface area contributed by atoms with E-state index >= 15 is 0 Å². The van der Waals surface area contributed by atoms with Gasteiger partial charge >= 0.3 is 5.97 Å². The van der Waals surface area contributed by atoms with Crippen LogP contribution in [0.15, 0.2) is 66.7 Å². The van der Waals surface area contributed by atoms with Crippen LogP contribution in [-0.2, 0) is 25.6 Å². The standard InChI is InChI=1S/C28H36O7/c1-20(29)9-8-12-24(33-27(30)22-10-6-5-7-11-22)26-25(34-28(2,3)35-26)17-18-32-19-21-13-15-23(31-4)16-14-21/h5-8,10-16,20,24-26,29H,9,17-19H2,1-4H3/b12-8-/t20-,24?,25-,26+/m0/s1. The maximum Gasteiger partial charge on any atom is 0.338 e. The molecule has 2 aromatic carbocycles. The number of esters is 1. The summed E-state index contributed by atoms with van der Waals surface area (Å²) in [5.41, 5.74) is 1.50. The van der Waals surface area contributed by atoms with Gasteiger partial charge in [0.2, 0.25) is 0 Å². The van der Waals surface area contributed by atoms with Crippen molar-refractivity contribution in [2.75, 3.05) is 13.7 Å². The van der Waals surface area contributed by atoms with Gasteiger partial charge < -0.3 is 28.8 Å². The van der Waals surface area contributed by atoms with Crippen molar-refractivity contribution in [3.8, 4) is 5.75 Å². The highest BCUT2D eigenvalue weighted by atomic mass is 16.8. The Bertz CT molecular complexity index is 938. The lowest BCUT2D eigenvalue weighted by Gasteiger charge is -2.24. The molecule has 1 aliphatic heterocycles. The Labute approximate surface area is 207 Å². The Balaban J connectivity index is 1.65. The average molecular weight is 485 g/mol. The first kappa shape index (κ1) is 26.9. The van der Waals surface area contributed by atoms with Gasteiger partial charge in [-0.15, -0.1) is 0 Å². The Morgan fingerprint density at radius 3 is 2.49 bits per heavy atom. The van der Waals surface area contributed by atoms with E-state index in [1.165, 1.54) is 0 Å². The molecule has 0 bridgehead atoms. The number of rotatable bonds is 12. The van der Waals surface area contributed by atoms with Crippen LogP contribution in [-0.4, -0.2) is 55.0 Å². The lowest BCUT2D eigenvalue weighted by atomic mass is 10.0. The summed E-state index contributed by atoms with van der Waals surface area (Å²) in [5.74, 6) is -0.476. The lowest BCUT2D eigenvalue weighted by Crippen LogP contribution is -2.38. The molecule has 7 heteroatoms. The molecular weight excluding hydrogens is 448 g/mol. The van der Waals surface area contributed by atoms with Gasteiger partial charge in [0.15, 0.2) is 5.79 Å². The van der Waals surface area contributed by atoms with Crippen molar-refractivity contribution >= 4 is 5.97 Å².